The summed E-state index contributed by atoms with van der Waals surface area (Å²) in [6.07, 6.45) is -1.45. The van der Waals surface area contributed by atoms with Crippen LogP contribution in [-0.2, 0) is 13.6 Å². The number of carboxylic acid groups (broad SMARTS) is 1. The Labute approximate surface area is 57.7 Å². The second kappa shape index (κ2) is 3.55. The first-order valence-corrected chi connectivity index (χ1v) is 3.81. The highest BCUT2D eigenvalue weighted by atomic mass is 31.2. The summed E-state index contributed by atoms with van der Waals surface area (Å²) in [6, 6.07) is 0. The Bertz CT molecular complexity index is 160. The van der Waals surface area contributed by atoms with Crippen LogP contribution in [0.25, 0.3) is 0 Å². The molecule has 0 aromatic rings. The minimum absolute atomic E-state index is 1.08. The molecule has 2 N–H and O–H groups in total. The molecule has 10 heavy (non-hydrogen) atoms. The third kappa shape index (κ3) is 2.82. The molecule has 7 heteroatoms. The summed E-state index contributed by atoms with van der Waals surface area (Å²) in [5.74, 6) is 0. The van der Waals surface area contributed by atoms with Gasteiger partial charge >= 0.3 is 13.8 Å². The van der Waals surface area contributed by atoms with Gasteiger partial charge in [0, 0.05) is 14.2 Å². The quantitative estimate of drug-likeness (QED) is 0.606. The van der Waals surface area contributed by atoms with Gasteiger partial charge in [0.05, 0.1) is 0 Å². The zero-order valence-corrected chi connectivity index (χ0v) is 6.42. The molecule has 0 unspecified atom stereocenters. The summed E-state index contributed by atoms with van der Waals surface area (Å²) in [5.41, 5.74) is 0. The first-order valence-electron chi connectivity index (χ1n) is 2.27. The van der Waals surface area contributed by atoms with E-state index in [-0.39, 0.29) is 0 Å². The van der Waals surface area contributed by atoms with Gasteiger partial charge in [0.2, 0.25) is 0 Å². The molecule has 0 atom stereocenters. The Morgan fingerprint density at radius 1 is 1.50 bits per heavy atom. The molecule has 0 aliphatic carbocycles. The minimum atomic E-state index is -3.59. The lowest BCUT2D eigenvalue weighted by Crippen LogP contribution is -2.18. The number of amides is 1. The monoisotopic (exact) mass is 169 g/mol. The molecule has 60 valence electrons. The third-order valence-electron chi connectivity index (χ3n) is 0.713. The average molecular weight is 169 g/mol. The van der Waals surface area contributed by atoms with Crippen molar-refractivity contribution in [3.63, 3.8) is 0 Å². The van der Waals surface area contributed by atoms with Gasteiger partial charge in [0.15, 0.2) is 0 Å². The maximum Gasteiger partial charge on any atom is 0.437 e. The van der Waals surface area contributed by atoms with E-state index >= 15 is 0 Å². The molecular weight excluding hydrogens is 161 g/mol. The highest BCUT2D eigenvalue weighted by Crippen LogP contribution is 2.40. The van der Waals surface area contributed by atoms with Crippen LogP contribution in [0.15, 0.2) is 0 Å². The first-order chi connectivity index (χ1) is 4.54. The smallest absolute Gasteiger partial charge is 0.437 e. The van der Waals surface area contributed by atoms with Crippen molar-refractivity contribution in [3.8, 4) is 0 Å². The number of nitrogens with one attached hydrogen (secondary N) is 1. The van der Waals surface area contributed by atoms with E-state index in [0.717, 1.165) is 14.2 Å². The lowest BCUT2D eigenvalue weighted by Gasteiger charge is -2.10. The van der Waals surface area contributed by atoms with Crippen LogP contribution >= 0.6 is 7.75 Å². The van der Waals surface area contributed by atoms with Crippen molar-refractivity contribution in [3.05, 3.63) is 0 Å². The van der Waals surface area contributed by atoms with Gasteiger partial charge in [-0.25, -0.2) is 14.4 Å². The lowest BCUT2D eigenvalue weighted by molar-refractivity contribution is 0.193. The van der Waals surface area contributed by atoms with Crippen LogP contribution in [0.3, 0.4) is 0 Å². The molecule has 0 fully saturated rings. The van der Waals surface area contributed by atoms with Gasteiger partial charge in [0.1, 0.15) is 0 Å². The number of carbonyl (C=O) groups is 1. The predicted octanol–water partition coefficient (Wildman–Crippen LogP) is 0.655. The number of hydrogen-bond acceptors (Lipinski definition) is 4. The molecule has 0 saturated heterocycles. The fourth-order valence-electron chi connectivity index (χ4n) is 0.283. The highest BCUT2D eigenvalue weighted by molar-refractivity contribution is 7.52. The zero-order chi connectivity index (χ0) is 8.20. The van der Waals surface area contributed by atoms with Crippen molar-refractivity contribution in [1.29, 1.82) is 0 Å². The summed E-state index contributed by atoms with van der Waals surface area (Å²) in [4.78, 5) is 9.89. The van der Waals surface area contributed by atoms with Gasteiger partial charge in [0.25, 0.3) is 0 Å². The highest BCUT2D eigenvalue weighted by Gasteiger charge is 2.23. The SMILES string of the molecule is COP(=O)(NC(=O)O)OC. The van der Waals surface area contributed by atoms with Crippen molar-refractivity contribution in [2.45, 2.75) is 0 Å². The number of rotatable bonds is 3. The topological polar surface area (TPSA) is 84.9 Å². The summed E-state index contributed by atoms with van der Waals surface area (Å²) in [5, 5.41) is 9.65. The van der Waals surface area contributed by atoms with E-state index in [1.54, 1.807) is 5.09 Å². The van der Waals surface area contributed by atoms with Crippen LogP contribution in [-0.4, -0.2) is 25.4 Å². The largest absolute Gasteiger partial charge is 0.465 e. The van der Waals surface area contributed by atoms with Crippen LogP contribution < -0.4 is 5.09 Å². The predicted molar refractivity (Wildman–Crippen MR) is 32.8 cm³/mol. The molecule has 0 heterocycles. The van der Waals surface area contributed by atoms with Crippen LogP contribution in [0, 0.1) is 0 Å². The molecule has 0 aliphatic rings. The number of hydrogen-bond donors (Lipinski definition) is 2. The van der Waals surface area contributed by atoms with E-state index in [1.165, 1.54) is 0 Å². The Morgan fingerprint density at radius 3 is 2.00 bits per heavy atom. The summed E-state index contributed by atoms with van der Waals surface area (Å²) in [7, 11) is -1.42. The average Bonchev–Trinajstić information content (AvgIpc) is 1.87. The molecule has 0 bridgehead atoms. The fourth-order valence-corrected chi connectivity index (χ4v) is 0.849. The summed E-state index contributed by atoms with van der Waals surface area (Å²) >= 11 is 0. The van der Waals surface area contributed by atoms with Crippen molar-refractivity contribution in [2.24, 2.45) is 0 Å². The fraction of sp³-hybridized carbons (Fsp3) is 0.667. The van der Waals surface area contributed by atoms with Gasteiger partial charge < -0.3 is 5.11 Å². The van der Waals surface area contributed by atoms with Crippen molar-refractivity contribution < 1.29 is 23.5 Å². The first kappa shape index (κ1) is 9.42. The Balaban J connectivity index is 4.07. The normalized spacial score (nSPS) is 11.0. The van der Waals surface area contributed by atoms with Gasteiger partial charge in [-0.1, -0.05) is 0 Å². The summed E-state index contributed by atoms with van der Waals surface area (Å²) in [6.45, 7) is 0. The molecule has 0 rings (SSSR count). The molecule has 6 nitrogen and oxygen atoms in total. The van der Waals surface area contributed by atoms with Gasteiger partial charge in [-0.3, -0.25) is 9.05 Å². The van der Waals surface area contributed by atoms with Crippen LogP contribution in [0.2, 0.25) is 0 Å². The van der Waals surface area contributed by atoms with E-state index in [2.05, 4.69) is 9.05 Å². The minimum Gasteiger partial charge on any atom is -0.465 e. The molecule has 0 aromatic carbocycles. The van der Waals surface area contributed by atoms with Crippen molar-refractivity contribution in [2.75, 3.05) is 14.2 Å². The Hall–Kier alpha value is -0.580. The third-order valence-corrected chi connectivity index (χ3v) is 2.14. The molecule has 0 spiro atoms. The van der Waals surface area contributed by atoms with Gasteiger partial charge in [-0.05, 0) is 0 Å². The molecular formula is C3H8NO5P. The molecule has 0 aromatic heterocycles. The van der Waals surface area contributed by atoms with Gasteiger partial charge in [-0.15, -0.1) is 0 Å². The van der Waals surface area contributed by atoms with Crippen LogP contribution in [0.5, 0.6) is 0 Å². The Kier molecular flexibility index (Phi) is 3.35. The Morgan fingerprint density at radius 2 is 1.90 bits per heavy atom. The van der Waals surface area contributed by atoms with Crippen LogP contribution in [0.1, 0.15) is 0 Å². The zero-order valence-electron chi connectivity index (χ0n) is 5.53. The standard InChI is InChI=1S/C3H8NO5P/c1-8-10(7,9-2)4-3(5)6/h1-2H3,(H,4,7)(H,5,6). The van der Waals surface area contributed by atoms with E-state index in [9.17, 15) is 9.36 Å². The van der Waals surface area contributed by atoms with E-state index in [4.69, 9.17) is 5.11 Å². The summed E-state index contributed by atoms with van der Waals surface area (Å²) < 4.78 is 19.3. The maximum atomic E-state index is 10.8. The maximum absolute atomic E-state index is 10.8. The molecule has 0 aliphatic heterocycles. The van der Waals surface area contributed by atoms with E-state index in [1.807, 2.05) is 0 Å². The molecule has 1 amide bonds. The van der Waals surface area contributed by atoms with E-state index in [0.29, 0.717) is 0 Å². The second-order valence-electron chi connectivity index (χ2n) is 1.28. The van der Waals surface area contributed by atoms with Gasteiger partial charge in [-0.2, -0.15) is 0 Å². The van der Waals surface area contributed by atoms with Crippen LogP contribution in [0.4, 0.5) is 4.79 Å². The van der Waals surface area contributed by atoms with Crippen molar-refractivity contribution in [1.82, 2.24) is 5.09 Å². The second-order valence-corrected chi connectivity index (χ2v) is 3.23. The van der Waals surface area contributed by atoms with Crippen molar-refractivity contribution >= 4 is 13.8 Å². The molecule has 0 radical (unpaired) electrons. The lowest BCUT2D eigenvalue weighted by atomic mass is 11.3. The molecule has 0 saturated carbocycles. The van der Waals surface area contributed by atoms with E-state index < -0.39 is 13.8 Å².